The van der Waals surface area contributed by atoms with E-state index < -0.39 is 17.7 Å². The number of hydrogen-bond acceptors (Lipinski definition) is 3. The molecule has 0 radical (unpaired) electrons. The molecule has 0 aliphatic carbocycles. The van der Waals surface area contributed by atoms with E-state index in [9.17, 15) is 23.1 Å². The summed E-state index contributed by atoms with van der Waals surface area (Å²) in [5.74, 6) is -1.24. The second-order valence-electron chi connectivity index (χ2n) is 4.99. The van der Waals surface area contributed by atoms with E-state index in [1.165, 1.54) is 18.2 Å². The summed E-state index contributed by atoms with van der Waals surface area (Å²) in [7, 11) is 0. The molecule has 0 fully saturated rings. The highest BCUT2D eigenvalue weighted by molar-refractivity contribution is 5.85. The number of carboxylic acids is 1. The predicted octanol–water partition coefficient (Wildman–Crippen LogP) is 2.83. The number of ether oxygens (including phenoxy) is 1. The lowest BCUT2D eigenvalue weighted by atomic mass is 10.1. The Morgan fingerprint density at radius 1 is 1.04 bits per heavy atom. The predicted molar refractivity (Wildman–Crippen MR) is 75.6 cm³/mol. The first-order valence-corrected chi connectivity index (χ1v) is 6.90. The lowest BCUT2D eigenvalue weighted by Crippen LogP contribution is -2.22. The molecular weight excluding hydrogens is 309 g/mol. The fourth-order valence-electron chi connectivity index (χ4n) is 2.02. The lowest BCUT2D eigenvalue weighted by Gasteiger charge is -2.09. The summed E-state index contributed by atoms with van der Waals surface area (Å²) in [5, 5.41) is 10.6. The van der Waals surface area contributed by atoms with Crippen molar-refractivity contribution >= 4 is 5.97 Å². The first-order chi connectivity index (χ1) is 10.9. The summed E-state index contributed by atoms with van der Waals surface area (Å²) >= 11 is 0. The molecule has 0 unspecified atom stereocenters. The molecule has 0 aromatic heterocycles. The Balaban J connectivity index is 1.82. The van der Waals surface area contributed by atoms with E-state index in [4.69, 9.17) is 4.74 Å². The van der Waals surface area contributed by atoms with Crippen LogP contribution in [0.1, 0.15) is 27.0 Å². The third kappa shape index (κ3) is 5.10. The minimum absolute atomic E-state index is 0.0844. The smallest absolute Gasteiger partial charge is 0.416 e. The van der Waals surface area contributed by atoms with Gasteiger partial charge < -0.3 is 14.6 Å². The minimum Gasteiger partial charge on any atom is -0.545 e. The number of halogens is 3. The van der Waals surface area contributed by atoms with E-state index in [-0.39, 0.29) is 12.2 Å². The molecule has 0 aliphatic heterocycles. The zero-order valence-electron chi connectivity index (χ0n) is 12.1. The van der Waals surface area contributed by atoms with E-state index in [0.717, 1.165) is 17.7 Å². The van der Waals surface area contributed by atoms with Crippen LogP contribution in [0.25, 0.3) is 0 Å². The highest BCUT2D eigenvalue weighted by Gasteiger charge is 2.30. The highest BCUT2D eigenvalue weighted by Crippen LogP contribution is 2.29. The van der Waals surface area contributed by atoms with Crippen molar-refractivity contribution in [3.05, 3.63) is 70.8 Å². The molecule has 2 aromatic rings. The molecule has 0 aliphatic rings. The van der Waals surface area contributed by atoms with Crippen molar-refractivity contribution in [3.63, 3.8) is 0 Å². The van der Waals surface area contributed by atoms with Gasteiger partial charge in [-0.2, -0.15) is 13.2 Å². The Kier molecular flexibility index (Phi) is 5.39. The van der Waals surface area contributed by atoms with Gasteiger partial charge in [0.1, 0.15) is 0 Å². The third-order valence-electron chi connectivity index (χ3n) is 3.25. The molecule has 0 atom stereocenters. The average molecular weight is 323 g/mol. The van der Waals surface area contributed by atoms with Gasteiger partial charge in [-0.25, -0.2) is 0 Å². The summed E-state index contributed by atoms with van der Waals surface area (Å²) in [6.45, 7) is 0.405. The highest BCUT2D eigenvalue weighted by atomic mass is 19.4. The van der Waals surface area contributed by atoms with Crippen molar-refractivity contribution in [2.24, 2.45) is 0 Å². The van der Waals surface area contributed by atoms with Gasteiger partial charge in [-0.05, 0) is 35.2 Å². The molecule has 0 amide bonds. The number of rotatable bonds is 6. The SMILES string of the molecule is O=C([O-])c1ccc(CCOCc2cccc(C(F)(F)F)c2)cc1. The van der Waals surface area contributed by atoms with E-state index in [1.807, 2.05) is 0 Å². The quantitative estimate of drug-likeness (QED) is 0.768. The first kappa shape index (κ1) is 17.0. The first-order valence-electron chi connectivity index (χ1n) is 6.90. The van der Waals surface area contributed by atoms with E-state index in [2.05, 4.69) is 0 Å². The van der Waals surface area contributed by atoms with E-state index in [0.29, 0.717) is 18.6 Å². The Hall–Kier alpha value is -2.34. The fraction of sp³-hybridized carbons (Fsp3) is 0.235. The van der Waals surface area contributed by atoms with Crippen molar-refractivity contribution < 1.29 is 27.8 Å². The standard InChI is InChI=1S/C17H15F3O3/c18-17(19,20)15-3-1-2-13(10-15)11-23-9-8-12-4-6-14(7-5-12)16(21)22/h1-7,10H,8-9,11H2,(H,21,22)/p-1. The molecule has 0 N–H and O–H groups in total. The second kappa shape index (κ2) is 7.28. The van der Waals surface area contributed by atoms with Crippen LogP contribution >= 0.6 is 0 Å². The Bertz CT molecular complexity index is 664. The molecule has 122 valence electrons. The third-order valence-corrected chi connectivity index (χ3v) is 3.25. The number of aromatic carboxylic acids is 1. The number of carbonyl (C=O) groups excluding carboxylic acids is 1. The van der Waals surface area contributed by atoms with Gasteiger partial charge in [0.15, 0.2) is 0 Å². The van der Waals surface area contributed by atoms with Crippen molar-refractivity contribution in [1.82, 2.24) is 0 Å². The average Bonchev–Trinajstić information content (AvgIpc) is 2.51. The molecule has 0 saturated heterocycles. The molecule has 0 bridgehead atoms. The zero-order valence-corrected chi connectivity index (χ0v) is 12.1. The van der Waals surface area contributed by atoms with Crippen LogP contribution in [0, 0.1) is 0 Å². The second-order valence-corrected chi connectivity index (χ2v) is 4.99. The summed E-state index contributed by atoms with van der Waals surface area (Å²) in [6.07, 6.45) is -3.83. The van der Waals surface area contributed by atoms with Crippen molar-refractivity contribution in [1.29, 1.82) is 0 Å². The number of carboxylic acid groups (broad SMARTS) is 1. The van der Waals surface area contributed by atoms with Gasteiger partial charge in [0.25, 0.3) is 0 Å². The molecule has 23 heavy (non-hydrogen) atoms. The van der Waals surface area contributed by atoms with Gasteiger partial charge in [-0.1, -0.05) is 36.4 Å². The van der Waals surface area contributed by atoms with Crippen LogP contribution in [0.3, 0.4) is 0 Å². The molecule has 6 heteroatoms. The molecular formula is C17H14F3O3-. The number of benzene rings is 2. The van der Waals surface area contributed by atoms with Crippen LogP contribution in [0.2, 0.25) is 0 Å². The molecule has 0 spiro atoms. The summed E-state index contributed by atoms with van der Waals surface area (Å²) in [4.78, 5) is 10.6. The fourth-order valence-corrected chi connectivity index (χ4v) is 2.02. The van der Waals surface area contributed by atoms with Crippen LogP contribution in [0.4, 0.5) is 13.2 Å². The maximum Gasteiger partial charge on any atom is 0.416 e. The van der Waals surface area contributed by atoms with Crippen molar-refractivity contribution in [2.45, 2.75) is 19.2 Å². The van der Waals surface area contributed by atoms with Gasteiger partial charge in [-0.3, -0.25) is 0 Å². The van der Waals surface area contributed by atoms with Gasteiger partial charge in [0.05, 0.1) is 24.7 Å². The van der Waals surface area contributed by atoms with Crippen LogP contribution in [-0.2, 0) is 23.9 Å². The Morgan fingerprint density at radius 2 is 1.74 bits per heavy atom. The van der Waals surface area contributed by atoms with E-state index in [1.54, 1.807) is 18.2 Å². The largest absolute Gasteiger partial charge is 0.545 e. The molecule has 2 rings (SSSR count). The summed E-state index contributed by atoms with van der Waals surface area (Å²) in [5.41, 5.74) is 0.723. The number of hydrogen-bond donors (Lipinski definition) is 0. The van der Waals surface area contributed by atoms with Crippen LogP contribution in [0.15, 0.2) is 48.5 Å². The lowest BCUT2D eigenvalue weighted by molar-refractivity contribution is -0.255. The van der Waals surface area contributed by atoms with Crippen molar-refractivity contribution in [2.75, 3.05) is 6.61 Å². The monoisotopic (exact) mass is 323 g/mol. The van der Waals surface area contributed by atoms with Crippen LogP contribution < -0.4 is 5.11 Å². The molecule has 2 aromatic carbocycles. The van der Waals surface area contributed by atoms with Gasteiger partial charge in [0.2, 0.25) is 0 Å². The number of carbonyl (C=O) groups is 1. The molecule has 0 heterocycles. The van der Waals surface area contributed by atoms with Crippen molar-refractivity contribution in [3.8, 4) is 0 Å². The Morgan fingerprint density at radius 3 is 2.35 bits per heavy atom. The van der Waals surface area contributed by atoms with Gasteiger partial charge >= 0.3 is 6.18 Å². The van der Waals surface area contributed by atoms with E-state index >= 15 is 0 Å². The molecule has 3 nitrogen and oxygen atoms in total. The Labute approximate surface area is 131 Å². The van der Waals surface area contributed by atoms with Crippen LogP contribution in [-0.4, -0.2) is 12.6 Å². The van der Waals surface area contributed by atoms with Crippen LogP contribution in [0.5, 0.6) is 0 Å². The topological polar surface area (TPSA) is 49.4 Å². The number of alkyl halides is 3. The maximum atomic E-state index is 12.6. The normalized spacial score (nSPS) is 11.4. The van der Waals surface area contributed by atoms with Gasteiger partial charge in [0, 0.05) is 0 Å². The minimum atomic E-state index is -4.36. The summed E-state index contributed by atoms with van der Waals surface area (Å²) in [6, 6.07) is 11.2. The summed E-state index contributed by atoms with van der Waals surface area (Å²) < 4.78 is 43.1. The maximum absolute atomic E-state index is 12.6. The van der Waals surface area contributed by atoms with Gasteiger partial charge in [-0.15, -0.1) is 0 Å². The molecule has 0 saturated carbocycles. The zero-order chi connectivity index (χ0) is 16.9.